The quantitative estimate of drug-likeness (QED) is 0.494. The Hall–Kier alpha value is -3.39. The topological polar surface area (TPSA) is 66.1 Å². The van der Waals surface area contributed by atoms with Crippen LogP contribution in [0.15, 0.2) is 36.5 Å². The zero-order chi connectivity index (χ0) is 22.6. The van der Waals surface area contributed by atoms with Crippen molar-refractivity contribution >= 4 is 16.6 Å². The molecule has 1 N–H and O–H groups in total. The van der Waals surface area contributed by atoms with E-state index in [2.05, 4.69) is 20.1 Å². The molecule has 0 aliphatic carbocycles. The van der Waals surface area contributed by atoms with Gasteiger partial charge in [-0.1, -0.05) is 12.1 Å². The summed E-state index contributed by atoms with van der Waals surface area (Å²) < 4.78 is 31.2. The van der Waals surface area contributed by atoms with Gasteiger partial charge in [-0.05, 0) is 38.5 Å². The number of aryl methyl sites for hydroxylation is 1. The first-order valence-electron chi connectivity index (χ1n) is 10.6. The molecule has 0 fully saturated rings. The first-order chi connectivity index (χ1) is 15.4. The number of aromatic nitrogens is 4. The molecule has 32 heavy (non-hydrogen) atoms. The third-order valence-electron chi connectivity index (χ3n) is 6.10. The van der Waals surface area contributed by atoms with Crippen LogP contribution in [0.5, 0.6) is 5.75 Å². The Morgan fingerprint density at radius 2 is 1.97 bits per heavy atom. The van der Waals surface area contributed by atoms with Crippen molar-refractivity contribution in [3.05, 3.63) is 54.0 Å². The van der Waals surface area contributed by atoms with Crippen LogP contribution in [0, 0.1) is 12.7 Å². The van der Waals surface area contributed by atoms with E-state index in [0.717, 1.165) is 23.0 Å². The first kappa shape index (κ1) is 20.5. The van der Waals surface area contributed by atoms with Gasteiger partial charge in [-0.2, -0.15) is 0 Å². The van der Waals surface area contributed by atoms with Gasteiger partial charge in [0.25, 0.3) is 0 Å². The molecule has 1 aliphatic rings. The highest BCUT2D eigenvalue weighted by molar-refractivity contribution is 5.98. The average molecular weight is 436 g/mol. The molecule has 0 amide bonds. The molecule has 0 radical (unpaired) electrons. The minimum absolute atomic E-state index is 0.372. The SMILES string of the molecule is COCCn1ccc2c(-c3c(OC)cc4c(c3F)-n3c(C)nnc3C(C)(C)N4)cccc21. The second-order valence-corrected chi connectivity index (χ2v) is 8.56. The molecule has 0 saturated carbocycles. The lowest BCUT2D eigenvalue weighted by Crippen LogP contribution is -2.36. The fraction of sp³-hybridized carbons (Fsp3) is 0.333. The molecule has 5 rings (SSSR count). The predicted octanol–water partition coefficient (Wildman–Crippen LogP) is 4.65. The normalized spacial score (nSPS) is 14.2. The van der Waals surface area contributed by atoms with E-state index < -0.39 is 5.54 Å². The van der Waals surface area contributed by atoms with Crippen molar-refractivity contribution in [2.75, 3.05) is 26.1 Å². The van der Waals surface area contributed by atoms with Gasteiger partial charge >= 0.3 is 0 Å². The smallest absolute Gasteiger partial charge is 0.162 e. The van der Waals surface area contributed by atoms with Crippen LogP contribution in [-0.4, -0.2) is 40.2 Å². The van der Waals surface area contributed by atoms with Crippen molar-refractivity contribution in [1.82, 2.24) is 19.3 Å². The van der Waals surface area contributed by atoms with Crippen LogP contribution in [0.3, 0.4) is 0 Å². The molecule has 1 aliphatic heterocycles. The van der Waals surface area contributed by atoms with E-state index in [-0.39, 0.29) is 5.82 Å². The van der Waals surface area contributed by atoms with Gasteiger partial charge in [0.15, 0.2) is 11.6 Å². The van der Waals surface area contributed by atoms with Gasteiger partial charge < -0.3 is 19.4 Å². The highest BCUT2D eigenvalue weighted by Gasteiger charge is 2.37. The highest BCUT2D eigenvalue weighted by Crippen LogP contribution is 2.46. The number of nitrogens with zero attached hydrogens (tertiary/aromatic N) is 4. The van der Waals surface area contributed by atoms with Crippen LogP contribution in [0.25, 0.3) is 27.7 Å². The van der Waals surface area contributed by atoms with Crippen LogP contribution in [0.4, 0.5) is 10.1 Å². The van der Waals surface area contributed by atoms with Gasteiger partial charge in [0, 0.05) is 36.8 Å². The number of nitrogens with one attached hydrogen (secondary N) is 1. The Morgan fingerprint density at radius 3 is 2.72 bits per heavy atom. The lowest BCUT2D eigenvalue weighted by Gasteiger charge is -2.34. The van der Waals surface area contributed by atoms with Gasteiger partial charge in [-0.15, -0.1) is 10.2 Å². The molecule has 0 spiro atoms. The van der Waals surface area contributed by atoms with Crippen molar-refractivity contribution in [2.24, 2.45) is 0 Å². The summed E-state index contributed by atoms with van der Waals surface area (Å²) in [5, 5.41) is 12.9. The summed E-state index contributed by atoms with van der Waals surface area (Å²) in [6.45, 7) is 7.15. The maximum atomic E-state index is 16.4. The van der Waals surface area contributed by atoms with Crippen molar-refractivity contribution in [1.29, 1.82) is 0 Å². The summed E-state index contributed by atoms with van der Waals surface area (Å²) in [4.78, 5) is 0. The number of fused-ring (bicyclic) bond motifs is 4. The lowest BCUT2D eigenvalue weighted by molar-refractivity contribution is 0.188. The van der Waals surface area contributed by atoms with E-state index in [4.69, 9.17) is 9.47 Å². The summed E-state index contributed by atoms with van der Waals surface area (Å²) in [7, 11) is 3.25. The third-order valence-corrected chi connectivity index (χ3v) is 6.10. The van der Waals surface area contributed by atoms with Gasteiger partial charge in [0.2, 0.25) is 0 Å². The molecule has 166 valence electrons. The predicted molar refractivity (Wildman–Crippen MR) is 122 cm³/mol. The molecule has 0 atom stereocenters. The number of anilines is 1. The molecular weight excluding hydrogens is 409 g/mol. The minimum atomic E-state index is -0.508. The average Bonchev–Trinajstić information content (AvgIpc) is 3.36. The van der Waals surface area contributed by atoms with E-state index in [9.17, 15) is 0 Å². The number of benzene rings is 2. The Bertz CT molecular complexity index is 1340. The van der Waals surface area contributed by atoms with Crippen molar-refractivity contribution < 1.29 is 13.9 Å². The van der Waals surface area contributed by atoms with Crippen LogP contribution >= 0.6 is 0 Å². The van der Waals surface area contributed by atoms with Crippen molar-refractivity contribution in [3.8, 4) is 22.6 Å². The maximum absolute atomic E-state index is 16.4. The largest absolute Gasteiger partial charge is 0.496 e. The number of hydrogen-bond donors (Lipinski definition) is 1. The Morgan fingerprint density at radius 1 is 1.16 bits per heavy atom. The van der Waals surface area contributed by atoms with Gasteiger partial charge in [0.05, 0.1) is 30.5 Å². The minimum Gasteiger partial charge on any atom is -0.496 e. The first-order valence-corrected chi connectivity index (χ1v) is 10.6. The number of hydrogen-bond acceptors (Lipinski definition) is 5. The van der Waals surface area contributed by atoms with Crippen LogP contribution in [0.1, 0.15) is 25.5 Å². The lowest BCUT2D eigenvalue weighted by atomic mass is 9.95. The number of ether oxygens (including phenoxy) is 2. The summed E-state index contributed by atoms with van der Waals surface area (Å²) in [6.07, 6.45) is 2.00. The van der Waals surface area contributed by atoms with Crippen LogP contribution in [-0.2, 0) is 16.8 Å². The van der Waals surface area contributed by atoms with E-state index in [1.165, 1.54) is 0 Å². The molecule has 0 saturated heterocycles. The summed E-state index contributed by atoms with van der Waals surface area (Å²) in [5.41, 5.74) is 2.75. The van der Waals surface area contributed by atoms with E-state index in [0.29, 0.717) is 40.9 Å². The van der Waals surface area contributed by atoms with E-state index in [1.807, 2.05) is 57.3 Å². The Kier molecular flexibility index (Phi) is 4.70. The zero-order valence-corrected chi connectivity index (χ0v) is 18.9. The molecular formula is C24H26FN5O2. The molecule has 3 heterocycles. The summed E-state index contributed by atoms with van der Waals surface area (Å²) in [6, 6.07) is 9.77. The fourth-order valence-corrected chi connectivity index (χ4v) is 4.60. The number of halogens is 1. The monoisotopic (exact) mass is 435 g/mol. The van der Waals surface area contributed by atoms with Gasteiger partial charge in [0.1, 0.15) is 17.3 Å². The molecule has 0 bridgehead atoms. The van der Waals surface area contributed by atoms with Gasteiger partial charge in [-0.25, -0.2) is 4.39 Å². The fourth-order valence-electron chi connectivity index (χ4n) is 4.60. The third kappa shape index (κ3) is 2.90. The summed E-state index contributed by atoms with van der Waals surface area (Å²) in [5.74, 6) is 1.40. The Labute approximate surface area is 185 Å². The molecule has 0 unspecified atom stereocenters. The van der Waals surface area contributed by atoms with Crippen molar-refractivity contribution in [2.45, 2.75) is 32.9 Å². The standard InChI is InChI=1S/C24H26FN5O2/c1-14-27-28-23-24(2,3)26-17-13-19(32-5)20(21(25)22(17)30(14)23)16-7-6-8-18-15(16)9-10-29(18)11-12-31-4/h6-10,13,26H,11-12H2,1-5H3. The zero-order valence-electron chi connectivity index (χ0n) is 18.9. The number of methoxy groups -OCH3 is 2. The molecule has 2 aromatic carbocycles. The van der Waals surface area contributed by atoms with Crippen molar-refractivity contribution in [3.63, 3.8) is 0 Å². The highest BCUT2D eigenvalue weighted by atomic mass is 19.1. The summed E-state index contributed by atoms with van der Waals surface area (Å²) >= 11 is 0. The molecule has 2 aromatic heterocycles. The second-order valence-electron chi connectivity index (χ2n) is 8.56. The van der Waals surface area contributed by atoms with E-state index in [1.54, 1.807) is 18.8 Å². The van der Waals surface area contributed by atoms with Crippen LogP contribution < -0.4 is 10.1 Å². The van der Waals surface area contributed by atoms with Gasteiger partial charge in [-0.3, -0.25) is 4.57 Å². The molecule has 8 heteroatoms. The Balaban J connectivity index is 1.78. The second kappa shape index (κ2) is 7.34. The van der Waals surface area contributed by atoms with E-state index >= 15 is 4.39 Å². The van der Waals surface area contributed by atoms with Crippen LogP contribution in [0.2, 0.25) is 0 Å². The number of rotatable bonds is 5. The maximum Gasteiger partial charge on any atom is 0.162 e. The molecule has 4 aromatic rings. The molecule has 7 nitrogen and oxygen atoms in total.